The molecule has 1 saturated heterocycles. The van der Waals surface area contributed by atoms with Crippen LogP contribution in [0.15, 0.2) is 24.7 Å². The first-order valence-electron chi connectivity index (χ1n) is 9.87. The lowest BCUT2D eigenvalue weighted by atomic mass is 10.2. The monoisotopic (exact) mass is 439 g/mol. The molecule has 0 atom stereocenters. The largest absolute Gasteiger partial charge is 0.434 e. The molecule has 0 aromatic carbocycles. The van der Waals surface area contributed by atoms with Crippen molar-refractivity contribution in [3.8, 4) is 0 Å². The Kier molecular flexibility index (Phi) is 4.67. The summed E-state index contributed by atoms with van der Waals surface area (Å²) in [7, 11) is 0. The van der Waals surface area contributed by atoms with Crippen molar-refractivity contribution >= 4 is 17.3 Å². The molecular formula is C19H18F5N7. The van der Waals surface area contributed by atoms with E-state index in [4.69, 9.17) is 0 Å². The van der Waals surface area contributed by atoms with E-state index in [1.807, 2.05) is 9.80 Å². The van der Waals surface area contributed by atoms with Gasteiger partial charge >= 0.3 is 6.18 Å². The molecule has 4 heterocycles. The molecule has 7 nitrogen and oxygen atoms in total. The maximum Gasteiger partial charge on any atom is 0.434 e. The molecule has 0 bridgehead atoms. The van der Waals surface area contributed by atoms with E-state index in [1.54, 1.807) is 0 Å². The molecule has 31 heavy (non-hydrogen) atoms. The summed E-state index contributed by atoms with van der Waals surface area (Å²) in [5, 5.41) is 0. The molecule has 0 N–H and O–H groups in total. The van der Waals surface area contributed by atoms with E-state index in [9.17, 15) is 22.0 Å². The summed E-state index contributed by atoms with van der Waals surface area (Å²) in [5.41, 5.74) is -1.13. The fourth-order valence-electron chi connectivity index (χ4n) is 3.68. The molecule has 0 spiro atoms. The smallest absolute Gasteiger partial charge is 0.353 e. The van der Waals surface area contributed by atoms with Gasteiger partial charge in [0.15, 0.2) is 17.2 Å². The minimum absolute atomic E-state index is 0.126. The van der Waals surface area contributed by atoms with Crippen LogP contribution in [0.25, 0.3) is 5.65 Å². The molecule has 1 aliphatic carbocycles. The minimum atomic E-state index is -4.54. The van der Waals surface area contributed by atoms with Gasteiger partial charge < -0.3 is 14.2 Å². The number of fused-ring (bicyclic) bond motifs is 1. The highest BCUT2D eigenvalue weighted by molar-refractivity contribution is 5.65. The van der Waals surface area contributed by atoms with Crippen molar-refractivity contribution in [1.82, 2.24) is 24.3 Å². The molecule has 164 valence electrons. The number of imidazole rings is 1. The Balaban J connectivity index is 1.37. The quantitative estimate of drug-likeness (QED) is 0.578. The summed E-state index contributed by atoms with van der Waals surface area (Å²) in [6, 6.07) is 1.31. The average Bonchev–Trinajstić information content (AvgIpc) is 3.50. The van der Waals surface area contributed by atoms with Crippen LogP contribution in [0, 0.1) is 0 Å². The van der Waals surface area contributed by atoms with E-state index in [2.05, 4.69) is 19.9 Å². The predicted molar refractivity (Wildman–Crippen MR) is 101 cm³/mol. The highest BCUT2D eigenvalue weighted by atomic mass is 19.4. The zero-order chi connectivity index (χ0) is 21.8. The first kappa shape index (κ1) is 19.9. The molecule has 2 aliphatic rings. The molecular weight excluding hydrogens is 421 g/mol. The van der Waals surface area contributed by atoms with Gasteiger partial charge in [-0.1, -0.05) is 0 Å². The van der Waals surface area contributed by atoms with Gasteiger partial charge in [-0.25, -0.2) is 28.7 Å². The van der Waals surface area contributed by atoms with Crippen molar-refractivity contribution < 1.29 is 22.0 Å². The van der Waals surface area contributed by atoms with Crippen LogP contribution in [-0.2, 0) is 6.18 Å². The predicted octanol–water partition coefficient (Wildman–Crippen LogP) is 3.68. The van der Waals surface area contributed by atoms with Gasteiger partial charge in [0.25, 0.3) is 6.43 Å². The van der Waals surface area contributed by atoms with Gasteiger partial charge in [-0.2, -0.15) is 13.2 Å². The molecule has 12 heteroatoms. The number of hydrogen-bond donors (Lipinski definition) is 0. The molecule has 0 radical (unpaired) electrons. The van der Waals surface area contributed by atoms with Crippen LogP contribution in [-0.4, -0.2) is 50.5 Å². The van der Waals surface area contributed by atoms with Gasteiger partial charge in [0.05, 0.1) is 0 Å². The maximum absolute atomic E-state index is 13.3. The van der Waals surface area contributed by atoms with Crippen LogP contribution in [0.2, 0.25) is 0 Å². The zero-order valence-corrected chi connectivity index (χ0v) is 16.2. The number of nitrogens with zero attached hydrogens (tertiary/aromatic N) is 7. The van der Waals surface area contributed by atoms with Crippen molar-refractivity contribution in [2.24, 2.45) is 0 Å². The van der Waals surface area contributed by atoms with Gasteiger partial charge in [-0.3, -0.25) is 0 Å². The number of halogens is 5. The van der Waals surface area contributed by atoms with E-state index in [0.29, 0.717) is 43.6 Å². The van der Waals surface area contributed by atoms with Crippen LogP contribution in [0.3, 0.4) is 0 Å². The lowest BCUT2D eigenvalue weighted by Gasteiger charge is -2.36. The molecule has 0 amide bonds. The lowest BCUT2D eigenvalue weighted by molar-refractivity contribution is -0.140. The zero-order valence-electron chi connectivity index (χ0n) is 16.2. The molecule has 0 unspecified atom stereocenters. The Labute approximate surface area is 173 Å². The summed E-state index contributed by atoms with van der Waals surface area (Å²) in [6.07, 6.45) is -1.63. The lowest BCUT2D eigenvalue weighted by Crippen LogP contribution is -2.47. The fraction of sp³-hybridized carbons (Fsp3) is 0.474. The van der Waals surface area contributed by atoms with Crippen LogP contribution in [0.1, 0.15) is 42.4 Å². The Hall–Kier alpha value is -3.05. The molecule has 2 fully saturated rings. The number of piperazine rings is 1. The molecule has 3 aromatic heterocycles. The molecule has 3 aromatic rings. The van der Waals surface area contributed by atoms with Crippen LogP contribution in [0.4, 0.5) is 33.6 Å². The summed E-state index contributed by atoms with van der Waals surface area (Å²) in [5.74, 6) is 1.41. The van der Waals surface area contributed by atoms with Crippen LogP contribution in [0.5, 0.6) is 0 Å². The highest BCUT2D eigenvalue weighted by Gasteiger charge is 2.35. The normalized spacial score (nSPS) is 17.7. The summed E-state index contributed by atoms with van der Waals surface area (Å²) < 4.78 is 67.0. The number of rotatable bonds is 4. The van der Waals surface area contributed by atoms with Crippen molar-refractivity contribution in [3.63, 3.8) is 0 Å². The van der Waals surface area contributed by atoms with Gasteiger partial charge in [0.2, 0.25) is 0 Å². The third kappa shape index (κ3) is 3.86. The number of hydrogen-bond acceptors (Lipinski definition) is 6. The van der Waals surface area contributed by atoms with Crippen molar-refractivity contribution in [3.05, 3.63) is 41.9 Å². The Morgan fingerprint density at radius 1 is 0.968 bits per heavy atom. The first-order valence-corrected chi connectivity index (χ1v) is 9.87. The summed E-state index contributed by atoms with van der Waals surface area (Å²) in [4.78, 5) is 20.2. The second-order valence-electron chi connectivity index (χ2n) is 7.66. The second-order valence-corrected chi connectivity index (χ2v) is 7.66. The van der Waals surface area contributed by atoms with E-state index < -0.39 is 18.3 Å². The van der Waals surface area contributed by atoms with Gasteiger partial charge in [0, 0.05) is 56.8 Å². The first-order chi connectivity index (χ1) is 14.8. The Morgan fingerprint density at radius 3 is 2.32 bits per heavy atom. The second kappa shape index (κ2) is 7.27. The minimum Gasteiger partial charge on any atom is -0.353 e. The topological polar surface area (TPSA) is 62.5 Å². The molecule has 5 rings (SSSR count). The van der Waals surface area contributed by atoms with E-state index in [1.165, 1.54) is 22.9 Å². The Morgan fingerprint density at radius 2 is 1.68 bits per heavy atom. The van der Waals surface area contributed by atoms with Gasteiger partial charge in [-0.15, -0.1) is 0 Å². The van der Waals surface area contributed by atoms with Crippen LogP contribution >= 0.6 is 0 Å². The summed E-state index contributed by atoms with van der Waals surface area (Å²) in [6.45, 7) is 1.79. The summed E-state index contributed by atoms with van der Waals surface area (Å²) >= 11 is 0. The number of aromatic nitrogens is 5. The van der Waals surface area contributed by atoms with E-state index >= 15 is 0 Å². The standard InChI is InChI=1S/C19H18F5N7/c20-15(21)12-9-14(28-16(26-12)11-1-2-11)29-5-7-30(8-6-29)17-18-27-13(19(22,23)24)10-31(18)4-3-25-17/h3-4,9-11,15H,1-2,5-8H2. The van der Waals surface area contributed by atoms with Crippen LogP contribution < -0.4 is 9.80 Å². The van der Waals surface area contributed by atoms with E-state index in [-0.39, 0.29) is 17.3 Å². The average molecular weight is 439 g/mol. The third-order valence-electron chi connectivity index (χ3n) is 5.47. The third-order valence-corrected chi connectivity index (χ3v) is 5.47. The van der Waals surface area contributed by atoms with Crippen molar-refractivity contribution in [2.45, 2.75) is 31.4 Å². The SMILES string of the molecule is FC(F)c1cc(N2CCN(c3nccn4cc(C(F)(F)F)nc34)CC2)nc(C2CC2)n1. The number of alkyl halides is 5. The van der Waals surface area contributed by atoms with E-state index in [0.717, 1.165) is 19.0 Å². The number of anilines is 2. The molecule has 1 aliphatic heterocycles. The Bertz CT molecular complexity index is 1080. The van der Waals surface area contributed by atoms with Gasteiger partial charge in [0.1, 0.15) is 17.3 Å². The fourth-order valence-corrected chi connectivity index (χ4v) is 3.68. The van der Waals surface area contributed by atoms with Crippen molar-refractivity contribution in [1.29, 1.82) is 0 Å². The maximum atomic E-state index is 13.3. The van der Waals surface area contributed by atoms with Crippen molar-refractivity contribution in [2.75, 3.05) is 36.0 Å². The molecule has 1 saturated carbocycles. The highest BCUT2D eigenvalue weighted by Crippen LogP contribution is 2.39. The van der Waals surface area contributed by atoms with Gasteiger partial charge in [-0.05, 0) is 12.8 Å².